The molecule has 0 spiro atoms. The summed E-state index contributed by atoms with van der Waals surface area (Å²) in [6, 6.07) is 30.4. The molecule has 218 valence electrons. The van der Waals surface area contributed by atoms with Gasteiger partial charge in [-0.05, 0) is 56.2 Å². The minimum absolute atomic E-state index is 0.0229. The van der Waals surface area contributed by atoms with Gasteiger partial charge in [0.05, 0.1) is 16.1 Å². The van der Waals surface area contributed by atoms with Crippen molar-refractivity contribution in [3.8, 4) is 0 Å². The third kappa shape index (κ3) is 5.78. The zero-order valence-electron chi connectivity index (χ0n) is 21.6. The Morgan fingerprint density at radius 2 is 1.44 bits per heavy atom. The van der Waals surface area contributed by atoms with Crippen LogP contribution in [0.1, 0.15) is 18.4 Å². The van der Waals surface area contributed by atoms with Crippen LogP contribution >= 0.6 is 0 Å². The van der Waals surface area contributed by atoms with Gasteiger partial charge in [-0.25, -0.2) is 13.2 Å². The SMILES string of the molecule is Cc1ccc([S+](c2ccccc2)c2ccccc2)cc1.O=C(OC1C2CC3C1OS(=O)(=O)C3C2)C(F)(F)S(=O)(=O)[O-]. The molecule has 2 bridgehead atoms. The number of hydrogen-bond donors (Lipinski definition) is 0. The van der Waals surface area contributed by atoms with Crippen molar-refractivity contribution < 1.29 is 43.9 Å². The average Bonchev–Trinajstić information content (AvgIpc) is 3.56. The highest BCUT2D eigenvalue weighted by Crippen LogP contribution is 2.55. The summed E-state index contributed by atoms with van der Waals surface area (Å²) in [6.45, 7) is 2.13. The van der Waals surface area contributed by atoms with Crippen molar-refractivity contribution in [3.63, 3.8) is 0 Å². The van der Waals surface area contributed by atoms with Crippen LogP contribution in [0.4, 0.5) is 8.78 Å². The van der Waals surface area contributed by atoms with Gasteiger partial charge in [0, 0.05) is 11.8 Å². The lowest BCUT2D eigenvalue weighted by Crippen LogP contribution is -2.45. The van der Waals surface area contributed by atoms with Crippen LogP contribution in [0.2, 0.25) is 0 Å². The number of ether oxygens (including phenoxy) is 1. The van der Waals surface area contributed by atoms with Gasteiger partial charge in [-0.3, -0.25) is 4.18 Å². The predicted octanol–water partition coefficient (Wildman–Crippen LogP) is 4.26. The number of rotatable bonds is 6. The quantitative estimate of drug-likeness (QED) is 0.172. The van der Waals surface area contributed by atoms with Crippen LogP contribution in [0, 0.1) is 18.8 Å². The van der Waals surface area contributed by atoms with Gasteiger partial charge in [0.1, 0.15) is 12.2 Å². The van der Waals surface area contributed by atoms with E-state index in [2.05, 4.69) is 96.6 Å². The maximum absolute atomic E-state index is 13.1. The number of halogens is 2. The van der Waals surface area contributed by atoms with Crippen molar-refractivity contribution in [1.82, 2.24) is 0 Å². The van der Waals surface area contributed by atoms with Crippen LogP contribution in [0.25, 0.3) is 0 Å². The first-order valence-electron chi connectivity index (χ1n) is 12.7. The largest absolute Gasteiger partial charge is 0.743 e. The lowest BCUT2D eigenvalue weighted by molar-refractivity contribution is -0.173. The van der Waals surface area contributed by atoms with Gasteiger partial charge in [0.15, 0.2) is 24.8 Å². The van der Waals surface area contributed by atoms with Gasteiger partial charge in [-0.15, -0.1) is 0 Å². The normalized spacial score (nSPS) is 25.9. The van der Waals surface area contributed by atoms with Crippen LogP contribution in [0.3, 0.4) is 0 Å². The summed E-state index contributed by atoms with van der Waals surface area (Å²) in [6.07, 6.45) is -1.96. The van der Waals surface area contributed by atoms with E-state index in [0.29, 0.717) is 6.42 Å². The highest BCUT2D eigenvalue weighted by atomic mass is 32.2. The first-order valence-corrected chi connectivity index (χ1v) is 16.8. The van der Waals surface area contributed by atoms with Crippen molar-refractivity contribution >= 4 is 37.1 Å². The Balaban J connectivity index is 0.000000165. The number of fused-ring (bicyclic) bond motifs is 1. The summed E-state index contributed by atoms with van der Waals surface area (Å²) < 4.78 is 89.6. The molecule has 13 heteroatoms. The van der Waals surface area contributed by atoms with Gasteiger partial charge in [-0.1, -0.05) is 54.1 Å². The van der Waals surface area contributed by atoms with Crippen LogP contribution in [-0.4, -0.2) is 50.1 Å². The highest BCUT2D eigenvalue weighted by Gasteiger charge is 2.66. The lowest BCUT2D eigenvalue weighted by Gasteiger charge is -2.27. The Morgan fingerprint density at radius 1 is 0.927 bits per heavy atom. The molecule has 0 aromatic heterocycles. The van der Waals surface area contributed by atoms with Gasteiger partial charge in [0.2, 0.25) is 0 Å². The standard InChI is InChI=1S/C19H17S.C9H10F2O8S2/c1-16-12-14-19(15-13-16)20(17-8-4-2-5-9-17)18-10-6-3-7-11-18;10-9(11,21(15,16)17)8(12)18-6-3-1-4-5(2-3)20(13,14)19-7(4)6/h2-15H,1H3;3-7H,1-2H2,(H,15,16,17)/q+1;/p-1. The van der Waals surface area contributed by atoms with E-state index in [0.717, 1.165) is 0 Å². The summed E-state index contributed by atoms with van der Waals surface area (Å²) in [7, 11) is -10.1. The molecule has 3 aromatic rings. The fourth-order valence-electron chi connectivity index (χ4n) is 5.53. The molecule has 3 aliphatic rings. The van der Waals surface area contributed by atoms with E-state index >= 15 is 0 Å². The molecule has 2 saturated carbocycles. The summed E-state index contributed by atoms with van der Waals surface area (Å²) in [5.41, 5.74) is 1.30. The van der Waals surface area contributed by atoms with Crippen molar-refractivity contribution in [1.29, 1.82) is 0 Å². The molecule has 1 saturated heterocycles. The number of alkyl halides is 2. The smallest absolute Gasteiger partial charge is 0.428 e. The van der Waals surface area contributed by atoms with E-state index in [1.807, 2.05) is 0 Å². The van der Waals surface area contributed by atoms with E-state index in [9.17, 15) is 35.0 Å². The molecule has 3 aromatic carbocycles. The van der Waals surface area contributed by atoms with E-state index in [1.54, 1.807) is 0 Å². The molecule has 5 atom stereocenters. The van der Waals surface area contributed by atoms with E-state index in [4.69, 9.17) is 4.18 Å². The zero-order chi connectivity index (χ0) is 29.6. The maximum Gasteiger partial charge on any atom is 0.428 e. The summed E-state index contributed by atoms with van der Waals surface area (Å²) in [5, 5.41) is -5.96. The lowest BCUT2D eigenvalue weighted by atomic mass is 9.94. The zero-order valence-corrected chi connectivity index (χ0v) is 24.1. The maximum atomic E-state index is 13.1. The minimum atomic E-state index is -6.21. The van der Waals surface area contributed by atoms with E-state index < -0.39 is 60.8 Å². The number of carbonyl (C=O) groups excluding carboxylic acids is 1. The Labute approximate surface area is 239 Å². The molecule has 8 nitrogen and oxygen atoms in total. The average molecular weight is 625 g/mol. The van der Waals surface area contributed by atoms with Crippen molar-refractivity contribution in [3.05, 3.63) is 90.5 Å². The third-order valence-electron chi connectivity index (χ3n) is 7.42. The molecular formula is C28H26F2O8S3. The molecule has 2 aliphatic carbocycles. The molecule has 1 aliphatic heterocycles. The Morgan fingerprint density at radius 3 is 1.95 bits per heavy atom. The van der Waals surface area contributed by atoms with E-state index in [-0.39, 0.29) is 17.3 Å². The molecule has 0 N–H and O–H groups in total. The molecule has 5 unspecified atom stereocenters. The Hall–Kier alpha value is -2.84. The molecule has 1 heterocycles. The second-order valence-corrected chi connectivity index (χ2v) is 15.3. The number of hydrogen-bond acceptors (Lipinski definition) is 8. The monoisotopic (exact) mass is 624 g/mol. The second kappa shape index (κ2) is 11.1. The first-order chi connectivity index (χ1) is 19.3. The summed E-state index contributed by atoms with van der Waals surface area (Å²) >= 11 is 0. The Kier molecular flexibility index (Phi) is 8.03. The molecule has 41 heavy (non-hydrogen) atoms. The number of carbonyl (C=O) groups is 1. The summed E-state index contributed by atoms with van der Waals surface area (Å²) in [5.74, 6) is -3.47. The molecule has 0 radical (unpaired) electrons. The van der Waals surface area contributed by atoms with E-state index in [1.165, 1.54) is 20.2 Å². The van der Waals surface area contributed by atoms with Crippen LogP contribution < -0.4 is 0 Å². The first kappa shape index (κ1) is 29.6. The fraction of sp³-hybridized carbons (Fsp3) is 0.321. The second-order valence-electron chi connectivity index (χ2n) is 10.1. The molecule has 3 fully saturated rings. The molecule has 6 rings (SSSR count). The van der Waals surface area contributed by atoms with Gasteiger partial charge < -0.3 is 9.29 Å². The number of esters is 1. The van der Waals surface area contributed by atoms with Crippen molar-refractivity contribution in [2.45, 2.75) is 57.2 Å². The highest BCUT2D eigenvalue weighted by molar-refractivity contribution is 7.97. The fourth-order valence-corrected chi connectivity index (χ4v) is 9.75. The predicted molar refractivity (Wildman–Crippen MR) is 145 cm³/mol. The third-order valence-corrected chi connectivity index (χ3v) is 12.2. The van der Waals surface area contributed by atoms with Crippen molar-refractivity contribution in [2.24, 2.45) is 11.8 Å². The van der Waals surface area contributed by atoms with Crippen LogP contribution in [0.5, 0.6) is 0 Å². The summed E-state index contributed by atoms with van der Waals surface area (Å²) in [4.78, 5) is 15.3. The Bertz CT molecular complexity index is 1580. The van der Waals surface area contributed by atoms with Crippen LogP contribution in [0.15, 0.2) is 99.6 Å². The van der Waals surface area contributed by atoms with Crippen molar-refractivity contribution in [2.75, 3.05) is 0 Å². The van der Waals surface area contributed by atoms with Gasteiger partial charge in [0.25, 0.3) is 10.1 Å². The van der Waals surface area contributed by atoms with Gasteiger partial charge >= 0.3 is 11.2 Å². The number of benzene rings is 3. The van der Waals surface area contributed by atoms with Crippen LogP contribution in [-0.2, 0) is 44.8 Å². The molecular weight excluding hydrogens is 598 g/mol. The number of aryl methyl sites for hydroxylation is 1. The topological polar surface area (TPSA) is 127 Å². The minimum Gasteiger partial charge on any atom is -0.743 e. The van der Waals surface area contributed by atoms with Gasteiger partial charge in [-0.2, -0.15) is 17.2 Å². The molecule has 0 amide bonds.